The highest BCUT2D eigenvalue weighted by atomic mass is 15.2. The van der Waals surface area contributed by atoms with Gasteiger partial charge in [-0.3, -0.25) is 0 Å². The van der Waals surface area contributed by atoms with Crippen LogP contribution < -0.4 is 9.80 Å². The van der Waals surface area contributed by atoms with Crippen molar-refractivity contribution >= 4 is 34.1 Å². The van der Waals surface area contributed by atoms with Gasteiger partial charge in [-0.05, 0) is 84.1 Å². The highest BCUT2D eigenvalue weighted by Crippen LogP contribution is 2.43. The molecule has 0 saturated carbocycles. The molecule has 0 unspecified atom stereocenters. The summed E-state index contributed by atoms with van der Waals surface area (Å²) in [4.78, 5) is 4.71. The van der Waals surface area contributed by atoms with E-state index in [0.717, 1.165) is 40.5 Å². The van der Waals surface area contributed by atoms with Gasteiger partial charge in [-0.15, -0.1) is 0 Å². The number of para-hydroxylation sites is 4. The van der Waals surface area contributed by atoms with Gasteiger partial charge in [0, 0.05) is 34.1 Å². The second-order valence-electron chi connectivity index (χ2n) is 9.99. The summed E-state index contributed by atoms with van der Waals surface area (Å²) in [6.45, 7) is 6.94. The van der Waals surface area contributed by atoms with Crippen molar-refractivity contribution in [2.24, 2.45) is 0 Å². The van der Waals surface area contributed by atoms with Gasteiger partial charge in [0.1, 0.15) is 0 Å². The average molecular weight is 483 g/mol. The summed E-state index contributed by atoms with van der Waals surface area (Å²) >= 11 is 0. The van der Waals surface area contributed by atoms with Crippen molar-refractivity contribution in [3.8, 4) is 0 Å². The predicted molar refractivity (Wildman–Crippen MR) is 159 cm³/mol. The van der Waals surface area contributed by atoms with Crippen LogP contribution in [0.5, 0.6) is 0 Å². The van der Waals surface area contributed by atoms with Gasteiger partial charge in [-0.2, -0.15) is 0 Å². The van der Waals surface area contributed by atoms with Gasteiger partial charge in [0.05, 0.1) is 0 Å². The molecule has 5 aromatic carbocycles. The molecular weight excluding hydrogens is 448 g/mol. The van der Waals surface area contributed by atoms with Crippen LogP contribution in [-0.4, -0.2) is 0 Å². The minimum Gasteiger partial charge on any atom is -0.310 e. The van der Waals surface area contributed by atoms with E-state index in [0.29, 0.717) is 0 Å². The SMILES string of the molecule is CCC(C)(C)c1cc(N(c2ccccc2)c2ccccc2)cc(N(c2ccccc2)c2ccccc2)c1. The summed E-state index contributed by atoms with van der Waals surface area (Å²) in [5, 5.41) is 0. The van der Waals surface area contributed by atoms with E-state index >= 15 is 0 Å². The lowest BCUT2D eigenvalue weighted by molar-refractivity contribution is 0.506. The van der Waals surface area contributed by atoms with E-state index in [1.165, 1.54) is 5.56 Å². The third kappa shape index (κ3) is 5.29. The normalized spacial score (nSPS) is 11.2. The molecule has 0 atom stereocenters. The standard InChI is InChI=1S/C35H34N2/c1-4-35(2,3)28-25-33(36(29-17-9-5-10-18-29)30-19-11-6-12-20-30)27-34(26-28)37(31-21-13-7-14-22-31)32-23-15-8-16-24-32/h5-27H,4H2,1-3H3. The number of hydrogen-bond donors (Lipinski definition) is 0. The zero-order chi connectivity index (χ0) is 25.7. The van der Waals surface area contributed by atoms with Crippen LogP contribution in [0.15, 0.2) is 140 Å². The average Bonchev–Trinajstić information content (AvgIpc) is 2.96. The molecule has 0 aliphatic carbocycles. The monoisotopic (exact) mass is 482 g/mol. The minimum absolute atomic E-state index is 0.0167. The molecule has 0 saturated heterocycles. The van der Waals surface area contributed by atoms with Gasteiger partial charge >= 0.3 is 0 Å². The van der Waals surface area contributed by atoms with E-state index in [4.69, 9.17) is 0 Å². The largest absolute Gasteiger partial charge is 0.310 e. The molecule has 0 radical (unpaired) electrons. The summed E-state index contributed by atoms with van der Waals surface area (Å²) < 4.78 is 0. The first-order valence-electron chi connectivity index (χ1n) is 13.0. The Kier molecular flexibility index (Phi) is 7.09. The molecule has 2 nitrogen and oxygen atoms in total. The molecule has 5 rings (SSSR count). The maximum absolute atomic E-state index is 2.36. The minimum atomic E-state index is 0.0167. The molecule has 0 fully saturated rings. The van der Waals surface area contributed by atoms with Gasteiger partial charge in [-0.25, -0.2) is 0 Å². The second kappa shape index (κ2) is 10.8. The highest BCUT2D eigenvalue weighted by molar-refractivity contribution is 5.83. The fourth-order valence-electron chi connectivity index (χ4n) is 4.65. The highest BCUT2D eigenvalue weighted by Gasteiger charge is 2.24. The van der Waals surface area contributed by atoms with E-state index in [1.807, 2.05) is 0 Å². The molecule has 2 heteroatoms. The lowest BCUT2D eigenvalue weighted by atomic mass is 9.81. The van der Waals surface area contributed by atoms with Crippen LogP contribution in [0, 0.1) is 0 Å². The van der Waals surface area contributed by atoms with Gasteiger partial charge in [0.15, 0.2) is 0 Å². The molecule has 0 amide bonds. The first-order valence-corrected chi connectivity index (χ1v) is 13.0. The quantitative estimate of drug-likeness (QED) is 0.217. The fourth-order valence-corrected chi connectivity index (χ4v) is 4.65. The Morgan fingerprint density at radius 2 is 0.730 bits per heavy atom. The number of nitrogens with zero attached hydrogens (tertiary/aromatic N) is 2. The van der Waals surface area contributed by atoms with Crippen molar-refractivity contribution in [3.05, 3.63) is 145 Å². The Morgan fingerprint density at radius 3 is 1.00 bits per heavy atom. The fraction of sp³-hybridized carbons (Fsp3) is 0.143. The number of benzene rings is 5. The molecular formula is C35H34N2. The van der Waals surface area contributed by atoms with Gasteiger partial charge in [0.25, 0.3) is 0 Å². The summed E-state index contributed by atoms with van der Waals surface area (Å²) in [6, 6.07) is 49.6. The van der Waals surface area contributed by atoms with Crippen molar-refractivity contribution < 1.29 is 0 Å². The molecule has 0 aliphatic rings. The maximum Gasteiger partial charge on any atom is 0.0485 e. The number of rotatable bonds is 8. The Morgan fingerprint density at radius 1 is 0.432 bits per heavy atom. The Balaban J connectivity index is 1.77. The predicted octanol–water partition coefficient (Wildman–Crippen LogP) is 10.3. The second-order valence-corrected chi connectivity index (χ2v) is 9.99. The maximum atomic E-state index is 2.36. The van der Waals surface area contributed by atoms with E-state index in [9.17, 15) is 0 Å². The Bertz CT molecular complexity index is 1230. The van der Waals surface area contributed by atoms with Crippen LogP contribution in [0.3, 0.4) is 0 Å². The van der Waals surface area contributed by atoms with Gasteiger partial charge < -0.3 is 9.80 Å². The van der Waals surface area contributed by atoms with E-state index in [2.05, 4.69) is 170 Å². The van der Waals surface area contributed by atoms with Crippen molar-refractivity contribution in [2.75, 3.05) is 9.80 Å². The summed E-state index contributed by atoms with van der Waals surface area (Å²) in [5.74, 6) is 0. The van der Waals surface area contributed by atoms with Crippen molar-refractivity contribution in [1.29, 1.82) is 0 Å². The third-order valence-corrected chi connectivity index (χ3v) is 7.14. The van der Waals surface area contributed by atoms with Crippen LogP contribution in [0.25, 0.3) is 0 Å². The van der Waals surface area contributed by atoms with Crippen LogP contribution in [0.2, 0.25) is 0 Å². The first-order chi connectivity index (χ1) is 18.1. The molecule has 0 spiro atoms. The molecule has 0 heterocycles. The molecule has 0 aliphatic heterocycles. The Labute approximate surface area is 221 Å². The summed E-state index contributed by atoms with van der Waals surface area (Å²) in [7, 11) is 0. The van der Waals surface area contributed by atoms with Crippen LogP contribution >= 0.6 is 0 Å². The molecule has 37 heavy (non-hydrogen) atoms. The summed E-state index contributed by atoms with van der Waals surface area (Å²) in [5.41, 5.74) is 8.16. The molecule has 0 N–H and O–H groups in total. The van der Waals surface area contributed by atoms with Crippen LogP contribution in [-0.2, 0) is 5.41 Å². The van der Waals surface area contributed by atoms with Crippen LogP contribution in [0.4, 0.5) is 34.1 Å². The number of anilines is 6. The van der Waals surface area contributed by atoms with Crippen molar-refractivity contribution in [3.63, 3.8) is 0 Å². The summed E-state index contributed by atoms with van der Waals surface area (Å²) in [6.07, 6.45) is 1.04. The zero-order valence-electron chi connectivity index (χ0n) is 21.9. The smallest absolute Gasteiger partial charge is 0.0485 e. The Hall–Kier alpha value is -4.30. The first kappa shape index (κ1) is 24.4. The third-order valence-electron chi connectivity index (χ3n) is 7.14. The molecule has 0 bridgehead atoms. The lowest BCUT2D eigenvalue weighted by Gasteiger charge is -2.33. The number of hydrogen-bond acceptors (Lipinski definition) is 2. The van der Waals surface area contributed by atoms with Gasteiger partial charge in [-0.1, -0.05) is 93.6 Å². The van der Waals surface area contributed by atoms with Crippen molar-refractivity contribution in [2.45, 2.75) is 32.6 Å². The van der Waals surface area contributed by atoms with Gasteiger partial charge in [0.2, 0.25) is 0 Å². The van der Waals surface area contributed by atoms with Crippen molar-refractivity contribution in [1.82, 2.24) is 0 Å². The van der Waals surface area contributed by atoms with E-state index in [1.54, 1.807) is 0 Å². The molecule has 184 valence electrons. The molecule has 5 aromatic rings. The van der Waals surface area contributed by atoms with E-state index < -0.39 is 0 Å². The van der Waals surface area contributed by atoms with E-state index in [-0.39, 0.29) is 5.41 Å². The zero-order valence-corrected chi connectivity index (χ0v) is 21.9. The van der Waals surface area contributed by atoms with Crippen LogP contribution in [0.1, 0.15) is 32.8 Å². The topological polar surface area (TPSA) is 6.48 Å². The lowest BCUT2D eigenvalue weighted by Crippen LogP contribution is -2.19. The molecule has 0 aromatic heterocycles.